The monoisotopic (exact) mass is 250 g/mol. The van der Waals surface area contributed by atoms with Gasteiger partial charge in [0, 0.05) is 12.4 Å². The predicted molar refractivity (Wildman–Crippen MR) is 59.8 cm³/mol. The third-order valence-electron chi connectivity index (χ3n) is 2.28. The molecule has 0 saturated carbocycles. The molecule has 1 aromatic heterocycles. The number of sulfone groups is 1. The minimum absolute atomic E-state index is 0.0147. The first-order valence-electron chi connectivity index (χ1n) is 4.85. The van der Waals surface area contributed by atoms with Gasteiger partial charge in [0.1, 0.15) is 11.2 Å². The van der Waals surface area contributed by atoms with E-state index in [4.69, 9.17) is 5.11 Å². The Morgan fingerprint density at radius 1 is 1.12 bits per heavy atom. The molecule has 1 aromatic carbocycles. The summed E-state index contributed by atoms with van der Waals surface area (Å²) in [7, 11) is -3.67. The van der Waals surface area contributed by atoms with Gasteiger partial charge in [-0.1, -0.05) is 18.2 Å². The Kier molecular flexibility index (Phi) is 3.16. The van der Waals surface area contributed by atoms with Crippen molar-refractivity contribution in [2.24, 2.45) is 0 Å². The van der Waals surface area contributed by atoms with Crippen molar-refractivity contribution in [2.45, 2.75) is 16.4 Å². The zero-order valence-corrected chi connectivity index (χ0v) is 9.63. The first-order chi connectivity index (χ1) is 8.16. The van der Waals surface area contributed by atoms with Crippen molar-refractivity contribution in [3.8, 4) is 0 Å². The fraction of sp³-hybridized carbons (Fsp3) is 0.0909. The standard InChI is InChI=1S/C11H10N2O3S/c14-7-9-3-1-2-4-11(9)17(15,16)10-5-12-8-13-6-10/h1-6,8,14H,7H2. The number of aliphatic hydroxyl groups is 1. The van der Waals surface area contributed by atoms with Gasteiger partial charge in [-0.25, -0.2) is 18.4 Å². The van der Waals surface area contributed by atoms with E-state index in [2.05, 4.69) is 9.97 Å². The van der Waals surface area contributed by atoms with E-state index < -0.39 is 9.84 Å². The van der Waals surface area contributed by atoms with Gasteiger partial charge >= 0.3 is 0 Å². The highest BCUT2D eigenvalue weighted by Crippen LogP contribution is 2.22. The Hall–Kier alpha value is -1.79. The molecule has 0 amide bonds. The smallest absolute Gasteiger partial charge is 0.210 e. The average molecular weight is 250 g/mol. The van der Waals surface area contributed by atoms with E-state index in [1.54, 1.807) is 18.2 Å². The van der Waals surface area contributed by atoms with Gasteiger partial charge in [0.2, 0.25) is 9.84 Å². The normalized spacial score (nSPS) is 11.4. The SMILES string of the molecule is O=S(=O)(c1cncnc1)c1ccccc1CO. The van der Waals surface area contributed by atoms with Gasteiger partial charge in [0.25, 0.3) is 0 Å². The van der Waals surface area contributed by atoms with Crippen molar-refractivity contribution < 1.29 is 13.5 Å². The van der Waals surface area contributed by atoms with Crippen LogP contribution in [0.15, 0.2) is 52.8 Å². The van der Waals surface area contributed by atoms with Gasteiger partial charge < -0.3 is 5.11 Å². The van der Waals surface area contributed by atoms with E-state index in [9.17, 15) is 8.42 Å². The number of aliphatic hydroxyl groups excluding tert-OH is 1. The molecule has 2 aromatic rings. The molecule has 0 spiro atoms. The van der Waals surface area contributed by atoms with Gasteiger partial charge in [-0.3, -0.25) is 0 Å². The predicted octanol–water partition coefficient (Wildman–Crippen LogP) is 0.802. The molecule has 0 bridgehead atoms. The summed E-state index contributed by atoms with van der Waals surface area (Å²) in [4.78, 5) is 7.45. The number of rotatable bonds is 3. The van der Waals surface area contributed by atoms with Gasteiger partial charge in [0.15, 0.2) is 0 Å². The summed E-state index contributed by atoms with van der Waals surface area (Å²) in [6.07, 6.45) is 3.73. The van der Waals surface area contributed by atoms with Crippen molar-refractivity contribution in [2.75, 3.05) is 0 Å². The number of hydrogen-bond acceptors (Lipinski definition) is 5. The van der Waals surface area contributed by atoms with Crippen LogP contribution in [-0.4, -0.2) is 23.5 Å². The molecule has 0 aliphatic carbocycles. The lowest BCUT2D eigenvalue weighted by Gasteiger charge is -2.07. The molecule has 0 aliphatic rings. The molecule has 2 rings (SSSR count). The molecule has 0 aliphatic heterocycles. The summed E-state index contributed by atoms with van der Waals surface area (Å²) in [6, 6.07) is 6.30. The molecule has 5 nitrogen and oxygen atoms in total. The fourth-order valence-electron chi connectivity index (χ4n) is 1.45. The summed E-state index contributed by atoms with van der Waals surface area (Å²) >= 11 is 0. The highest BCUT2D eigenvalue weighted by atomic mass is 32.2. The molecule has 88 valence electrons. The molecule has 1 N–H and O–H groups in total. The molecular formula is C11H10N2O3S. The third kappa shape index (κ3) is 2.17. The van der Waals surface area contributed by atoms with Crippen LogP contribution in [0.25, 0.3) is 0 Å². The molecule has 17 heavy (non-hydrogen) atoms. The fourth-order valence-corrected chi connectivity index (χ4v) is 2.84. The Labute approximate surface area is 98.7 Å². The summed E-state index contributed by atoms with van der Waals surface area (Å²) in [5, 5.41) is 9.13. The van der Waals surface area contributed by atoms with Crippen LogP contribution < -0.4 is 0 Å². The van der Waals surface area contributed by atoms with Crippen LogP contribution in [0.4, 0.5) is 0 Å². The number of aromatic nitrogens is 2. The maximum absolute atomic E-state index is 12.2. The highest BCUT2D eigenvalue weighted by Gasteiger charge is 2.20. The second-order valence-electron chi connectivity index (χ2n) is 3.34. The van der Waals surface area contributed by atoms with Crippen LogP contribution in [0.1, 0.15) is 5.56 Å². The minimum Gasteiger partial charge on any atom is -0.392 e. The van der Waals surface area contributed by atoms with Crippen LogP contribution in [0.2, 0.25) is 0 Å². The molecule has 1 heterocycles. The maximum Gasteiger partial charge on any atom is 0.210 e. The van der Waals surface area contributed by atoms with Crippen molar-refractivity contribution in [3.63, 3.8) is 0 Å². The lowest BCUT2D eigenvalue weighted by Crippen LogP contribution is -2.06. The molecule has 6 heteroatoms. The van der Waals surface area contributed by atoms with Crippen LogP contribution in [-0.2, 0) is 16.4 Å². The average Bonchev–Trinajstić information content (AvgIpc) is 2.39. The lowest BCUT2D eigenvalue weighted by atomic mass is 10.2. The molecule has 0 atom stereocenters. The number of hydrogen-bond donors (Lipinski definition) is 1. The van der Waals surface area contributed by atoms with E-state index in [1.807, 2.05) is 0 Å². The summed E-state index contributed by atoms with van der Waals surface area (Å²) in [5.41, 5.74) is 0.358. The van der Waals surface area contributed by atoms with Crippen LogP contribution in [0.3, 0.4) is 0 Å². The van der Waals surface area contributed by atoms with Crippen molar-refractivity contribution in [1.82, 2.24) is 9.97 Å². The van der Waals surface area contributed by atoms with E-state index in [0.29, 0.717) is 5.56 Å². The van der Waals surface area contributed by atoms with Crippen LogP contribution in [0.5, 0.6) is 0 Å². The van der Waals surface area contributed by atoms with Crippen molar-refractivity contribution in [1.29, 1.82) is 0 Å². The molecule has 0 radical (unpaired) electrons. The first-order valence-corrected chi connectivity index (χ1v) is 6.33. The van der Waals surface area contributed by atoms with E-state index in [0.717, 1.165) is 0 Å². The van der Waals surface area contributed by atoms with E-state index in [-0.39, 0.29) is 16.4 Å². The second kappa shape index (κ2) is 4.60. The van der Waals surface area contributed by atoms with Gasteiger partial charge in [-0.15, -0.1) is 0 Å². The number of benzene rings is 1. The van der Waals surface area contributed by atoms with Crippen LogP contribution >= 0.6 is 0 Å². The van der Waals surface area contributed by atoms with Crippen LogP contribution in [0, 0.1) is 0 Å². The van der Waals surface area contributed by atoms with Crippen molar-refractivity contribution in [3.05, 3.63) is 48.5 Å². The zero-order valence-electron chi connectivity index (χ0n) is 8.81. The topological polar surface area (TPSA) is 80.2 Å². The molecule has 0 saturated heterocycles. The Balaban J connectivity index is 2.61. The first kappa shape index (κ1) is 11.7. The summed E-state index contributed by atoms with van der Waals surface area (Å²) in [6.45, 7) is -0.330. The Bertz CT molecular complexity index is 612. The second-order valence-corrected chi connectivity index (χ2v) is 5.26. The number of nitrogens with zero attached hydrogens (tertiary/aromatic N) is 2. The highest BCUT2D eigenvalue weighted by molar-refractivity contribution is 7.91. The Morgan fingerprint density at radius 3 is 2.41 bits per heavy atom. The molecular weight excluding hydrogens is 240 g/mol. The van der Waals surface area contributed by atoms with Crippen molar-refractivity contribution >= 4 is 9.84 Å². The summed E-state index contributed by atoms with van der Waals surface area (Å²) in [5.74, 6) is 0. The third-order valence-corrected chi connectivity index (χ3v) is 4.09. The molecule has 0 fully saturated rings. The minimum atomic E-state index is -3.67. The van der Waals surface area contributed by atoms with E-state index >= 15 is 0 Å². The van der Waals surface area contributed by atoms with Gasteiger partial charge in [-0.2, -0.15) is 0 Å². The lowest BCUT2D eigenvalue weighted by molar-refractivity contribution is 0.278. The zero-order chi connectivity index (χ0) is 12.3. The Morgan fingerprint density at radius 2 is 1.76 bits per heavy atom. The maximum atomic E-state index is 12.2. The van der Waals surface area contributed by atoms with E-state index in [1.165, 1.54) is 24.8 Å². The molecule has 0 unspecified atom stereocenters. The summed E-state index contributed by atoms with van der Waals surface area (Å²) < 4.78 is 24.4. The van der Waals surface area contributed by atoms with Gasteiger partial charge in [0.05, 0.1) is 11.5 Å². The largest absolute Gasteiger partial charge is 0.392 e. The quantitative estimate of drug-likeness (QED) is 0.871. The van der Waals surface area contributed by atoms with Gasteiger partial charge in [-0.05, 0) is 11.6 Å².